The van der Waals surface area contributed by atoms with Gasteiger partial charge in [0.25, 0.3) is 0 Å². The van der Waals surface area contributed by atoms with Gasteiger partial charge < -0.3 is 10.0 Å². The normalized spacial score (nSPS) is 24.9. The van der Waals surface area contributed by atoms with Crippen molar-refractivity contribution < 1.29 is 5.11 Å². The number of fused-ring (bicyclic) bond motifs is 1. The third-order valence-corrected chi connectivity index (χ3v) is 9.14. The van der Waals surface area contributed by atoms with Gasteiger partial charge in [0.15, 0.2) is 0 Å². The van der Waals surface area contributed by atoms with Crippen molar-refractivity contribution in [2.45, 2.75) is 103 Å². The van der Waals surface area contributed by atoms with Crippen LogP contribution in [0.25, 0.3) is 5.57 Å². The van der Waals surface area contributed by atoms with Crippen LogP contribution in [0.4, 0.5) is 0 Å². The highest BCUT2D eigenvalue weighted by atomic mass is 16.2. The standard InChI is InChI=1S/C33H49NO/c1-25-23-27(26-11-6-7-19-34(21-16-26)20-8-9-22-35)12-10-13-29(25)28-14-15-30-31(24-28)33(4,5)18-17-32(30,2)3/h10,12-15,24,26,35H,6-9,11,16-23H2,1-5H3. The lowest BCUT2D eigenvalue weighted by Crippen LogP contribution is -2.33. The van der Waals surface area contributed by atoms with Gasteiger partial charge in [-0.3, -0.25) is 0 Å². The van der Waals surface area contributed by atoms with E-state index >= 15 is 0 Å². The summed E-state index contributed by atoms with van der Waals surface area (Å²) in [6, 6.07) is 7.33. The Labute approximate surface area is 215 Å². The molecule has 0 spiro atoms. The average molecular weight is 476 g/mol. The highest BCUT2D eigenvalue weighted by Gasteiger charge is 2.37. The number of hydrogen-bond acceptors (Lipinski definition) is 2. The molecule has 1 N–H and O–H groups in total. The number of nitrogens with zero attached hydrogens (tertiary/aromatic N) is 1. The van der Waals surface area contributed by atoms with Crippen LogP contribution >= 0.6 is 0 Å². The first-order valence-corrected chi connectivity index (χ1v) is 14.3. The highest BCUT2D eigenvalue weighted by Crippen LogP contribution is 2.47. The number of aliphatic hydroxyl groups excluding tert-OH is 1. The molecular formula is C33H49NO. The second kappa shape index (κ2) is 11.2. The molecule has 3 aliphatic rings. The van der Waals surface area contributed by atoms with Crippen LogP contribution in [0.5, 0.6) is 0 Å². The molecule has 1 aromatic rings. The van der Waals surface area contributed by atoms with Crippen LogP contribution in [-0.4, -0.2) is 36.2 Å². The number of benzene rings is 1. The second-order valence-electron chi connectivity index (χ2n) is 12.8. The zero-order valence-electron chi connectivity index (χ0n) is 23.1. The van der Waals surface area contributed by atoms with Gasteiger partial charge in [-0.2, -0.15) is 0 Å². The van der Waals surface area contributed by atoms with Gasteiger partial charge in [0.1, 0.15) is 0 Å². The molecule has 1 aromatic carbocycles. The maximum Gasteiger partial charge on any atom is 0.0431 e. The van der Waals surface area contributed by atoms with Crippen LogP contribution in [0.3, 0.4) is 0 Å². The smallest absolute Gasteiger partial charge is 0.0431 e. The Morgan fingerprint density at radius 1 is 0.943 bits per heavy atom. The molecule has 1 aliphatic heterocycles. The van der Waals surface area contributed by atoms with E-state index in [2.05, 4.69) is 75.9 Å². The van der Waals surface area contributed by atoms with Crippen molar-refractivity contribution >= 4 is 5.57 Å². The van der Waals surface area contributed by atoms with E-state index < -0.39 is 0 Å². The molecule has 35 heavy (non-hydrogen) atoms. The van der Waals surface area contributed by atoms with Gasteiger partial charge in [-0.15, -0.1) is 0 Å². The molecule has 2 aliphatic carbocycles. The third-order valence-electron chi connectivity index (χ3n) is 9.14. The molecule has 0 radical (unpaired) electrons. The molecule has 2 heteroatoms. The fourth-order valence-corrected chi connectivity index (χ4v) is 6.61. The van der Waals surface area contributed by atoms with Crippen molar-refractivity contribution in [2.24, 2.45) is 5.92 Å². The van der Waals surface area contributed by atoms with Crippen molar-refractivity contribution in [3.05, 3.63) is 64.3 Å². The number of aliphatic hydroxyl groups is 1. The summed E-state index contributed by atoms with van der Waals surface area (Å²) >= 11 is 0. The van der Waals surface area contributed by atoms with Gasteiger partial charge in [-0.25, -0.2) is 0 Å². The van der Waals surface area contributed by atoms with Crippen LogP contribution in [-0.2, 0) is 10.8 Å². The van der Waals surface area contributed by atoms with Crippen molar-refractivity contribution in [3.63, 3.8) is 0 Å². The maximum absolute atomic E-state index is 9.13. The zero-order valence-corrected chi connectivity index (χ0v) is 23.1. The third kappa shape index (κ3) is 6.20. The molecule has 1 heterocycles. The quantitative estimate of drug-likeness (QED) is 0.422. The Morgan fingerprint density at radius 3 is 2.49 bits per heavy atom. The summed E-state index contributed by atoms with van der Waals surface area (Å²) in [4.78, 5) is 2.64. The summed E-state index contributed by atoms with van der Waals surface area (Å²) in [5.41, 5.74) is 9.58. The first-order valence-electron chi connectivity index (χ1n) is 14.3. The van der Waals surface area contributed by atoms with Crippen molar-refractivity contribution in [2.75, 3.05) is 26.2 Å². The summed E-state index contributed by atoms with van der Waals surface area (Å²) < 4.78 is 0. The van der Waals surface area contributed by atoms with E-state index in [-0.39, 0.29) is 10.8 Å². The van der Waals surface area contributed by atoms with Gasteiger partial charge in [0, 0.05) is 6.61 Å². The number of likely N-dealkylation sites (tertiary alicyclic amines) is 1. The largest absolute Gasteiger partial charge is 0.396 e. The van der Waals surface area contributed by atoms with Crippen LogP contribution in [0.1, 0.15) is 109 Å². The van der Waals surface area contributed by atoms with Crippen LogP contribution < -0.4 is 0 Å². The maximum atomic E-state index is 9.13. The Hall–Kier alpha value is -1.64. The highest BCUT2D eigenvalue weighted by molar-refractivity contribution is 5.78. The zero-order chi connectivity index (χ0) is 25.1. The monoisotopic (exact) mass is 475 g/mol. The summed E-state index contributed by atoms with van der Waals surface area (Å²) in [7, 11) is 0. The molecule has 0 aromatic heterocycles. The van der Waals surface area contributed by atoms with Gasteiger partial charge >= 0.3 is 0 Å². The predicted octanol–water partition coefficient (Wildman–Crippen LogP) is 7.96. The first-order chi connectivity index (χ1) is 16.7. The molecule has 1 saturated heterocycles. The topological polar surface area (TPSA) is 23.5 Å². The molecule has 0 amide bonds. The van der Waals surface area contributed by atoms with Gasteiger partial charge in [-0.05, 0) is 117 Å². The van der Waals surface area contributed by atoms with E-state index in [4.69, 9.17) is 5.11 Å². The number of allylic oxidation sites excluding steroid dienone is 6. The van der Waals surface area contributed by atoms with Gasteiger partial charge in [0.2, 0.25) is 0 Å². The van der Waals surface area contributed by atoms with E-state index in [1.165, 1.54) is 68.3 Å². The molecule has 1 unspecified atom stereocenters. The van der Waals surface area contributed by atoms with Crippen LogP contribution in [0.15, 0.2) is 47.6 Å². The summed E-state index contributed by atoms with van der Waals surface area (Å²) in [6.07, 6.45) is 18.0. The number of hydrogen-bond donors (Lipinski definition) is 1. The summed E-state index contributed by atoms with van der Waals surface area (Å²) in [6.45, 7) is 15.9. The fraction of sp³-hybridized carbons (Fsp3) is 0.636. The van der Waals surface area contributed by atoms with E-state index in [1.54, 1.807) is 16.7 Å². The van der Waals surface area contributed by atoms with E-state index in [9.17, 15) is 0 Å². The van der Waals surface area contributed by atoms with Gasteiger partial charge in [-0.1, -0.05) is 81.7 Å². The molecule has 2 nitrogen and oxygen atoms in total. The number of unbranched alkanes of at least 4 members (excludes halogenated alkanes) is 1. The minimum absolute atomic E-state index is 0.245. The SMILES string of the molecule is CC1=C(c2ccc3c(c2)C(C)(C)CCC3(C)C)C=CC=C(C2CCCCN(CCCCO)CC2)C1. The minimum atomic E-state index is 0.245. The molecule has 4 rings (SSSR count). The Morgan fingerprint density at radius 2 is 1.71 bits per heavy atom. The Kier molecular flexibility index (Phi) is 8.44. The fourth-order valence-electron chi connectivity index (χ4n) is 6.61. The number of rotatable bonds is 6. The first kappa shape index (κ1) is 26.4. The lowest BCUT2D eigenvalue weighted by molar-refractivity contribution is 0.213. The predicted molar refractivity (Wildman–Crippen MR) is 151 cm³/mol. The van der Waals surface area contributed by atoms with Crippen molar-refractivity contribution in [3.8, 4) is 0 Å². The Balaban J connectivity index is 1.51. The molecule has 0 saturated carbocycles. The second-order valence-corrected chi connectivity index (χ2v) is 12.8. The molecule has 1 fully saturated rings. The van der Waals surface area contributed by atoms with E-state index in [0.29, 0.717) is 12.5 Å². The van der Waals surface area contributed by atoms with Crippen molar-refractivity contribution in [1.29, 1.82) is 0 Å². The minimum Gasteiger partial charge on any atom is -0.396 e. The molecule has 0 bridgehead atoms. The molecule has 192 valence electrons. The van der Waals surface area contributed by atoms with Crippen LogP contribution in [0.2, 0.25) is 0 Å². The van der Waals surface area contributed by atoms with Gasteiger partial charge in [0.05, 0.1) is 0 Å². The van der Waals surface area contributed by atoms with Crippen LogP contribution in [0, 0.1) is 5.92 Å². The molecule has 1 atom stereocenters. The summed E-state index contributed by atoms with van der Waals surface area (Å²) in [5.74, 6) is 0.692. The average Bonchev–Trinajstić information content (AvgIpc) is 3.00. The summed E-state index contributed by atoms with van der Waals surface area (Å²) in [5, 5.41) is 9.13. The van der Waals surface area contributed by atoms with Crippen molar-refractivity contribution in [1.82, 2.24) is 4.90 Å². The lowest BCUT2D eigenvalue weighted by Gasteiger charge is -2.42. The van der Waals surface area contributed by atoms with E-state index in [0.717, 1.165) is 25.8 Å². The lowest BCUT2D eigenvalue weighted by atomic mass is 9.63. The Bertz CT molecular complexity index is 977. The molecular weight excluding hydrogens is 426 g/mol. The van der Waals surface area contributed by atoms with E-state index in [1.807, 2.05) is 0 Å².